The van der Waals surface area contributed by atoms with Gasteiger partial charge in [-0.1, -0.05) is 42.4 Å². The molecule has 1 aliphatic rings. The molecule has 2 N–H and O–H groups in total. The first-order valence-electron chi connectivity index (χ1n) is 6.31. The lowest BCUT2D eigenvalue weighted by Crippen LogP contribution is -2.13. The van der Waals surface area contributed by atoms with Gasteiger partial charge < -0.3 is 10.3 Å². The van der Waals surface area contributed by atoms with Crippen LogP contribution in [-0.2, 0) is 11.8 Å². The predicted octanol–water partition coefficient (Wildman–Crippen LogP) is 2.36. The maximum atomic E-state index is 6.13. The number of hydrogen-bond acceptors (Lipinski definition) is 4. The molecule has 1 fully saturated rings. The van der Waals surface area contributed by atoms with Crippen molar-refractivity contribution >= 4 is 0 Å². The van der Waals surface area contributed by atoms with Crippen LogP contribution in [0.5, 0.6) is 0 Å². The quantitative estimate of drug-likeness (QED) is 0.895. The van der Waals surface area contributed by atoms with Gasteiger partial charge in [-0.25, -0.2) is 0 Å². The summed E-state index contributed by atoms with van der Waals surface area (Å²) >= 11 is 0. The molecule has 1 aromatic heterocycles. The van der Waals surface area contributed by atoms with Crippen molar-refractivity contribution < 1.29 is 4.52 Å². The molecule has 3 rings (SSSR count). The van der Waals surface area contributed by atoms with Gasteiger partial charge in [0.15, 0.2) is 5.82 Å². The molecule has 0 amide bonds. The molecule has 2 aromatic rings. The SMILES string of the molecule is CC1(c2noc(CC(N)c3ccccc3)n2)CC1. The third-order valence-electron chi connectivity index (χ3n) is 3.63. The fourth-order valence-corrected chi connectivity index (χ4v) is 2.00. The summed E-state index contributed by atoms with van der Waals surface area (Å²) in [4.78, 5) is 4.45. The van der Waals surface area contributed by atoms with Gasteiger partial charge in [0, 0.05) is 17.9 Å². The van der Waals surface area contributed by atoms with Gasteiger partial charge in [0.25, 0.3) is 0 Å². The third-order valence-corrected chi connectivity index (χ3v) is 3.63. The van der Waals surface area contributed by atoms with Crippen LogP contribution in [0.4, 0.5) is 0 Å². The van der Waals surface area contributed by atoms with E-state index in [-0.39, 0.29) is 11.5 Å². The van der Waals surface area contributed by atoms with Gasteiger partial charge in [0.2, 0.25) is 5.89 Å². The number of aromatic nitrogens is 2. The molecule has 18 heavy (non-hydrogen) atoms. The summed E-state index contributed by atoms with van der Waals surface area (Å²) < 4.78 is 5.28. The zero-order valence-electron chi connectivity index (χ0n) is 10.5. The summed E-state index contributed by atoms with van der Waals surface area (Å²) in [7, 11) is 0. The largest absolute Gasteiger partial charge is 0.339 e. The average molecular weight is 243 g/mol. The topological polar surface area (TPSA) is 64.9 Å². The Morgan fingerprint density at radius 2 is 2.06 bits per heavy atom. The molecule has 0 aliphatic heterocycles. The van der Waals surface area contributed by atoms with Crippen LogP contribution in [0.15, 0.2) is 34.9 Å². The van der Waals surface area contributed by atoms with Gasteiger partial charge in [-0.3, -0.25) is 0 Å². The van der Waals surface area contributed by atoms with E-state index in [2.05, 4.69) is 17.1 Å². The van der Waals surface area contributed by atoms with Crippen LogP contribution < -0.4 is 5.73 Å². The van der Waals surface area contributed by atoms with Crippen molar-refractivity contribution in [2.75, 3.05) is 0 Å². The van der Waals surface area contributed by atoms with Crippen LogP contribution in [0.1, 0.15) is 43.1 Å². The first-order chi connectivity index (χ1) is 8.67. The third kappa shape index (κ3) is 2.16. The minimum absolute atomic E-state index is 0.0912. The smallest absolute Gasteiger partial charge is 0.228 e. The zero-order chi connectivity index (χ0) is 12.6. The second kappa shape index (κ2) is 4.21. The Kier molecular flexibility index (Phi) is 2.67. The van der Waals surface area contributed by atoms with Crippen molar-refractivity contribution in [2.45, 2.75) is 37.6 Å². The molecule has 0 spiro atoms. The van der Waals surface area contributed by atoms with Gasteiger partial charge in [0.05, 0.1) is 0 Å². The highest BCUT2D eigenvalue weighted by Gasteiger charge is 2.43. The molecule has 4 nitrogen and oxygen atoms in total. The van der Waals surface area contributed by atoms with Crippen LogP contribution in [0, 0.1) is 0 Å². The Balaban J connectivity index is 1.71. The van der Waals surface area contributed by atoms with Crippen molar-refractivity contribution in [1.82, 2.24) is 10.1 Å². The van der Waals surface area contributed by atoms with Gasteiger partial charge in [-0.05, 0) is 18.4 Å². The highest BCUT2D eigenvalue weighted by molar-refractivity contribution is 5.20. The van der Waals surface area contributed by atoms with Crippen LogP contribution in [0.3, 0.4) is 0 Å². The Labute approximate surface area is 106 Å². The van der Waals surface area contributed by atoms with Gasteiger partial charge in [0.1, 0.15) is 0 Å². The van der Waals surface area contributed by atoms with E-state index in [9.17, 15) is 0 Å². The number of rotatable bonds is 4. The first kappa shape index (κ1) is 11.4. The molecule has 0 bridgehead atoms. The van der Waals surface area contributed by atoms with Crippen molar-refractivity contribution in [3.8, 4) is 0 Å². The highest BCUT2D eigenvalue weighted by Crippen LogP contribution is 2.46. The number of benzene rings is 1. The molecule has 0 saturated heterocycles. The summed E-state index contributed by atoms with van der Waals surface area (Å²) in [5.41, 5.74) is 7.38. The van der Waals surface area contributed by atoms with E-state index in [0.29, 0.717) is 12.3 Å². The Bertz CT molecular complexity index is 531. The van der Waals surface area contributed by atoms with E-state index in [1.54, 1.807) is 0 Å². The van der Waals surface area contributed by atoms with Crippen LogP contribution >= 0.6 is 0 Å². The summed E-state index contributed by atoms with van der Waals surface area (Å²) in [6.45, 7) is 2.17. The van der Waals surface area contributed by atoms with Crippen LogP contribution in [0.25, 0.3) is 0 Å². The van der Waals surface area contributed by atoms with Gasteiger partial charge in [-0.2, -0.15) is 4.98 Å². The summed E-state index contributed by atoms with van der Waals surface area (Å²) in [5.74, 6) is 1.47. The maximum absolute atomic E-state index is 6.13. The number of nitrogens with two attached hydrogens (primary N) is 1. The van der Waals surface area contributed by atoms with Crippen molar-refractivity contribution in [1.29, 1.82) is 0 Å². The van der Waals surface area contributed by atoms with E-state index >= 15 is 0 Å². The highest BCUT2D eigenvalue weighted by atomic mass is 16.5. The molecule has 1 aromatic carbocycles. The van der Waals surface area contributed by atoms with Crippen molar-refractivity contribution in [2.24, 2.45) is 5.73 Å². The summed E-state index contributed by atoms with van der Waals surface area (Å²) in [5, 5.41) is 4.06. The molecule has 1 aliphatic carbocycles. The van der Waals surface area contributed by atoms with E-state index in [4.69, 9.17) is 10.3 Å². The fourth-order valence-electron chi connectivity index (χ4n) is 2.00. The molecule has 1 heterocycles. The molecular formula is C14H17N3O. The predicted molar refractivity (Wildman–Crippen MR) is 68.0 cm³/mol. The molecule has 1 unspecified atom stereocenters. The van der Waals surface area contributed by atoms with E-state index in [1.807, 2.05) is 30.3 Å². The molecule has 1 saturated carbocycles. The lowest BCUT2D eigenvalue weighted by Gasteiger charge is -2.08. The molecule has 1 atom stereocenters. The maximum Gasteiger partial charge on any atom is 0.228 e. The summed E-state index contributed by atoms with van der Waals surface area (Å²) in [6, 6.07) is 9.90. The van der Waals surface area contributed by atoms with Crippen LogP contribution in [-0.4, -0.2) is 10.1 Å². The molecule has 4 heteroatoms. The second-order valence-corrected chi connectivity index (χ2v) is 5.29. The Morgan fingerprint density at radius 3 is 2.72 bits per heavy atom. The van der Waals surface area contributed by atoms with Crippen molar-refractivity contribution in [3.63, 3.8) is 0 Å². The standard InChI is InChI=1S/C14H17N3O/c1-14(7-8-14)13-16-12(18-17-13)9-11(15)10-5-3-2-4-6-10/h2-6,11H,7-9,15H2,1H3. The fraction of sp³-hybridized carbons (Fsp3) is 0.429. The molecule has 0 radical (unpaired) electrons. The second-order valence-electron chi connectivity index (χ2n) is 5.29. The van der Waals surface area contributed by atoms with Crippen LogP contribution in [0.2, 0.25) is 0 Å². The van der Waals surface area contributed by atoms with Crippen molar-refractivity contribution in [3.05, 3.63) is 47.6 Å². The van der Waals surface area contributed by atoms with Gasteiger partial charge in [-0.15, -0.1) is 0 Å². The Hall–Kier alpha value is -1.68. The average Bonchev–Trinajstić information content (AvgIpc) is 2.97. The monoisotopic (exact) mass is 243 g/mol. The Morgan fingerprint density at radius 1 is 1.33 bits per heavy atom. The minimum atomic E-state index is -0.0912. The number of hydrogen-bond donors (Lipinski definition) is 1. The zero-order valence-corrected chi connectivity index (χ0v) is 10.5. The lowest BCUT2D eigenvalue weighted by molar-refractivity contribution is 0.362. The van der Waals surface area contributed by atoms with E-state index < -0.39 is 0 Å². The van der Waals surface area contributed by atoms with Gasteiger partial charge >= 0.3 is 0 Å². The molecule has 94 valence electrons. The lowest BCUT2D eigenvalue weighted by atomic mass is 10.1. The first-order valence-corrected chi connectivity index (χ1v) is 6.31. The minimum Gasteiger partial charge on any atom is -0.339 e. The van der Waals surface area contributed by atoms with E-state index in [1.165, 1.54) is 0 Å². The van der Waals surface area contributed by atoms with E-state index in [0.717, 1.165) is 24.2 Å². The number of nitrogens with zero attached hydrogens (tertiary/aromatic N) is 2. The molecular weight excluding hydrogens is 226 g/mol. The summed E-state index contributed by atoms with van der Waals surface area (Å²) in [6.07, 6.45) is 2.89. The normalized spacial score (nSPS) is 18.6.